The highest BCUT2D eigenvalue weighted by Gasteiger charge is 2.20. The molecule has 0 atom stereocenters. The van der Waals surface area contributed by atoms with E-state index in [0.29, 0.717) is 12.8 Å². The summed E-state index contributed by atoms with van der Waals surface area (Å²) in [5.41, 5.74) is 9.56. The van der Waals surface area contributed by atoms with E-state index in [1.165, 1.54) is 6.42 Å². The number of nitrogens with zero attached hydrogens (tertiary/aromatic N) is 1. The minimum absolute atomic E-state index is 0.237. The number of aromatic nitrogens is 2. The molecule has 1 radical (unpaired) electrons. The van der Waals surface area contributed by atoms with Crippen molar-refractivity contribution in [3.8, 4) is 0 Å². The number of carbonyl (C=O) groups excluding carboxylic acids is 2. The van der Waals surface area contributed by atoms with Gasteiger partial charge in [0.15, 0.2) is 0 Å². The number of rotatable bonds is 6. The average molecular weight is 373 g/mol. The smallest absolute Gasteiger partial charge is 0.321 e. The fourth-order valence-corrected chi connectivity index (χ4v) is 3.51. The third-order valence-corrected chi connectivity index (χ3v) is 4.98. The van der Waals surface area contributed by atoms with E-state index >= 15 is 0 Å². The molecule has 28 heavy (non-hydrogen) atoms. The summed E-state index contributed by atoms with van der Waals surface area (Å²) in [6.07, 6.45) is 6.27. The topological polar surface area (TPSA) is 95.0 Å². The fraction of sp³-hybridized carbons (Fsp3) is 0.136. The first kappa shape index (κ1) is 17.9. The number of benzene rings is 2. The molecule has 0 saturated heterocycles. The van der Waals surface area contributed by atoms with Crippen molar-refractivity contribution >= 4 is 33.7 Å². The summed E-state index contributed by atoms with van der Waals surface area (Å²) in [5.74, 6) is -0.377. The Hall–Kier alpha value is -3.54. The van der Waals surface area contributed by atoms with Crippen LogP contribution in [-0.2, 0) is 17.6 Å². The van der Waals surface area contributed by atoms with Gasteiger partial charge in [0.05, 0.1) is 6.42 Å². The molecule has 0 saturated carbocycles. The Balaban J connectivity index is 1.42. The molecule has 0 spiro atoms. The summed E-state index contributed by atoms with van der Waals surface area (Å²) in [7, 11) is 0. The highest BCUT2D eigenvalue weighted by atomic mass is 16.2. The maximum Gasteiger partial charge on any atom is 0.321 e. The molecule has 0 aliphatic carbocycles. The van der Waals surface area contributed by atoms with Crippen molar-refractivity contribution in [3.05, 3.63) is 78.5 Å². The normalized spacial score (nSPS) is 11.1. The zero-order chi connectivity index (χ0) is 19.5. The Labute approximate surface area is 162 Å². The van der Waals surface area contributed by atoms with Gasteiger partial charge in [0, 0.05) is 40.7 Å². The highest BCUT2D eigenvalue weighted by molar-refractivity contribution is 5.98. The van der Waals surface area contributed by atoms with Crippen LogP contribution in [0.5, 0.6) is 0 Å². The number of carbonyl (C=O) groups is 2. The van der Waals surface area contributed by atoms with Gasteiger partial charge in [0.1, 0.15) is 0 Å². The van der Waals surface area contributed by atoms with Crippen LogP contribution >= 0.6 is 0 Å². The number of aromatic amines is 2. The Morgan fingerprint density at radius 1 is 0.893 bits per heavy atom. The van der Waals surface area contributed by atoms with E-state index in [-0.39, 0.29) is 12.5 Å². The molecule has 6 heteroatoms. The summed E-state index contributed by atoms with van der Waals surface area (Å²) in [6, 6.07) is 15.1. The molecule has 0 unspecified atom stereocenters. The molecular formula is C22H21N4O2. The van der Waals surface area contributed by atoms with Gasteiger partial charge < -0.3 is 15.7 Å². The predicted octanol–water partition coefficient (Wildman–Crippen LogP) is 3.55. The number of hydrogen-bond acceptors (Lipinski definition) is 2. The van der Waals surface area contributed by atoms with E-state index in [2.05, 4.69) is 9.97 Å². The van der Waals surface area contributed by atoms with Crippen LogP contribution in [-0.4, -0.2) is 33.4 Å². The third-order valence-electron chi connectivity index (χ3n) is 4.98. The summed E-state index contributed by atoms with van der Waals surface area (Å²) < 4.78 is 0. The molecule has 0 aliphatic rings. The Morgan fingerprint density at radius 3 is 2.11 bits per heavy atom. The zero-order valence-electron chi connectivity index (χ0n) is 15.3. The molecule has 0 fully saturated rings. The standard InChI is InChI=1S/C22H21N4O2/c23-22(28)26(12-11-16-14-25-20-8-4-2-6-18(16)20)21(27)10-9-15-13-24-19-7-3-1-5-17(15)19/h1-8,10,13-14,24-25H,9,11-12H2,(H2,23,28). The number of para-hydroxylation sites is 2. The molecule has 6 nitrogen and oxygen atoms in total. The maximum atomic E-state index is 12.6. The molecule has 4 N–H and O–H groups in total. The van der Waals surface area contributed by atoms with Gasteiger partial charge in [-0.15, -0.1) is 0 Å². The number of nitrogens with two attached hydrogens (primary N) is 1. The van der Waals surface area contributed by atoms with Crippen LogP contribution in [0.25, 0.3) is 21.8 Å². The van der Waals surface area contributed by atoms with Crippen molar-refractivity contribution in [1.82, 2.24) is 14.9 Å². The number of urea groups is 1. The van der Waals surface area contributed by atoms with Crippen molar-refractivity contribution in [3.63, 3.8) is 0 Å². The van der Waals surface area contributed by atoms with Crippen molar-refractivity contribution in [2.75, 3.05) is 6.54 Å². The first-order valence-electron chi connectivity index (χ1n) is 9.17. The lowest BCUT2D eigenvalue weighted by atomic mass is 10.1. The number of nitrogens with one attached hydrogen (secondary N) is 2. The van der Waals surface area contributed by atoms with E-state index in [4.69, 9.17) is 5.73 Å². The monoisotopic (exact) mass is 373 g/mol. The second-order valence-electron chi connectivity index (χ2n) is 6.71. The van der Waals surface area contributed by atoms with Gasteiger partial charge in [0.25, 0.3) is 0 Å². The van der Waals surface area contributed by atoms with Gasteiger partial charge >= 0.3 is 6.03 Å². The van der Waals surface area contributed by atoms with Crippen LogP contribution < -0.4 is 5.73 Å². The Bertz CT molecular complexity index is 1140. The zero-order valence-corrected chi connectivity index (χ0v) is 15.3. The van der Waals surface area contributed by atoms with Gasteiger partial charge in [-0.25, -0.2) is 4.79 Å². The van der Waals surface area contributed by atoms with E-state index in [1.54, 1.807) is 0 Å². The van der Waals surface area contributed by atoms with Crippen molar-refractivity contribution < 1.29 is 9.59 Å². The maximum absolute atomic E-state index is 12.6. The minimum atomic E-state index is -0.736. The SMILES string of the molecule is NC(=O)N(CCc1c[nH]c2ccccc12)C(=O)[CH]Cc1c[nH]c2ccccc12. The highest BCUT2D eigenvalue weighted by Crippen LogP contribution is 2.20. The van der Waals surface area contributed by atoms with E-state index < -0.39 is 6.03 Å². The first-order valence-corrected chi connectivity index (χ1v) is 9.17. The van der Waals surface area contributed by atoms with Gasteiger partial charge in [-0.05, 0) is 36.1 Å². The van der Waals surface area contributed by atoms with Crippen LogP contribution in [0, 0.1) is 6.42 Å². The molecule has 2 aromatic heterocycles. The van der Waals surface area contributed by atoms with Crippen LogP contribution in [0.2, 0.25) is 0 Å². The molecule has 2 heterocycles. The largest absolute Gasteiger partial charge is 0.361 e. The van der Waals surface area contributed by atoms with Gasteiger partial charge in [-0.3, -0.25) is 9.69 Å². The van der Waals surface area contributed by atoms with E-state index in [0.717, 1.165) is 37.8 Å². The van der Waals surface area contributed by atoms with Gasteiger partial charge in [-0.2, -0.15) is 0 Å². The first-order chi connectivity index (χ1) is 13.6. The average Bonchev–Trinajstić information content (AvgIpc) is 3.30. The second-order valence-corrected chi connectivity index (χ2v) is 6.71. The van der Waals surface area contributed by atoms with Crippen LogP contribution in [0.15, 0.2) is 60.9 Å². The van der Waals surface area contributed by atoms with E-state index in [9.17, 15) is 9.59 Å². The number of H-pyrrole nitrogens is 2. The minimum Gasteiger partial charge on any atom is -0.361 e. The molecular weight excluding hydrogens is 352 g/mol. The predicted molar refractivity (Wildman–Crippen MR) is 110 cm³/mol. The number of primary amides is 1. The molecule has 4 rings (SSSR count). The number of fused-ring (bicyclic) bond motifs is 2. The lowest BCUT2D eigenvalue weighted by molar-refractivity contribution is -0.124. The van der Waals surface area contributed by atoms with Gasteiger partial charge in [0.2, 0.25) is 5.91 Å². The van der Waals surface area contributed by atoms with Crippen molar-refractivity contribution in [1.29, 1.82) is 0 Å². The fourth-order valence-electron chi connectivity index (χ4n) is 3.51. The summed E-state index contributed by atoms with van der Waals surface area (Å²) in [6.45, 7) is 0.237. The third kappa shape index (κ3) is 3.49. The quantitative estimate of drug-likeness (QED) is 0.482. The van der Waals surface area contributed by atoms with Gasteiger partial charge in [-0.1, -0.05) is 36.4 Å². The lowest BCUT2D eigenvalue weighted by Crippen LogP contribution is -2.42. The number of amides is 3. The molecule has 2 aromatic carbocycles. The molecule has 141 valence electrons. The lowest BCUT2D eigenvalue weighted by Gasteiger charge is -2.18. The molecule has 4 aromatic rings. The summed E-state index contributed by atoms with van der Waals surface area (Å²) in [4.78, 5) is 31.9. The van der Waals surface area contributed by atoms with Crippen LogP contribution in [0.3, 0.4) is 0 Å². The summed E-state index contributed by atoms with van der Waals surface area (Å²) >= 11 is 0. The Morgan fingerprint density at radius 2 is 1.46 bits per heavy atom. The molecule has 0 aliphatic heterocycles. The van der Waals surface area contributed by atoms with Crippen molar-refractivity contribution in [2.24, 2.45) is 5.73 Å². The van der Waals surface area contributed by atoms with E-state index in [1.807, 2.05) is 60.9 Å². The Kier molecular flexibility index (Phi) is 4.85. The number of hydrogen-bond donors (Lipinski definition) is 3. The molecule has 3 amide bonds. The number of imide groups is 1. The van der Waals surface area contributed by atoms with Crippen molar-refractivity contribution in [2.45, 2.75) is 12.8 Å². The second kappa shape index (κ2) is 7.60. The molecule has 0 bridgehead atoms. The van der Waals surface area contributed by atoms with Crippen LogP contribution in [0.4, 0.5) is 4.79 Å². The van der Waals surface area contributed by atoms with Crippen LogP contribution in [0.1, 0.15) is 11.1 Å². The summed E-state index contributed by atoms with van der Waals surface area (Å²) in [5, 5.41) is 2.15.